The van der Waals surface area contributed by atoms with Crippen LogP contribution in [-0.4, -0.2) is 35.6 Å². The van der Waals surface area contributed by atoms with E-state index in [1.54, 1.807) is 12.1 Å². The first-order valence-corrected chi connectivity index (χ1v) is 9.77. The molecular formula is C21H23ClN4O2. The Bertz CT molecular complexity index is 938. The topological polar surface area (TPSA) is 64.7 Å². The molecule has 0 aromatic heterocycles. The third kappa shape index (κ3) is 3.34. The van der Waals surface area contributed by atoms with Crippen LogP contribution < -0.4 is 15.8 Å². The number of hydrogen-bond acceptors (Lipinski definition) is 3. The van der Waals surface area contributed by atoms with Gasteiger partial charge in [-0.05, 0) is 37.6 Å². The molecule has 4 rings (SSSR count). The van der Waals surface area contributed by atoms with E-state index in [-0.39, 0.29) is 11.9 Å². The van der Waals surface area contributed by atoms with E-state index in [4.69, 9.17) is 11.6 Å². The van der Waals surface area contributed by atoms with Gasteiger partial charge < -0.3 is 10.2 Å². The van der Waals surface area contributed by atoms with Crippen molar-refractivity contribution in [2.45, 2.75) is 32.4 Å². The molecule has 2 aromatic rings. The van der Waals surface area contributed by atoms with Gasteiger partial charge >= 0.3 is 6.03 Å². The highest BCUT2D eigenvalue weighted by molar-refractivity contribution is 6.33. The number of nitrogens with zero attached hydrogens (tertiary/aromatic N) is 2. The van der Waals surface area contributed by atoms with E-state index in [1.807, 2.05) is 49.1 Å². The van der Waals surface area contributed by atoms with Gasteiger partial charge in [0.15, 0.2) is 0 Å². The van der Waals surface area contributed by atoms with Crippen LogP contribution in [0.5, 0.6) is 0 Å². The quantitative estimate of drug-likeness (QED) is 0.812. The molecule has 3 amide bonds. The highest BCUT2D eigenvalue weighted by Crippen LogP contribution is 2.31. The van der Waals surface area contributed by atoms with Gasteiger partial charge in [0.2, 0.25) is 0 Å². The zero-order valence-electron chi connectivity index (χ0n) is 16.0. The number of benzene rings is 2. The molecule has 0 radical (unpaired) electrons. The summed E-state index contributed by atoms with van der Waals surface area (Å²) < 4.78 is 0. The molecule has 0 bridgehead atoms. The molecule has 146 valence electrons. The first-order valence-electron chi connectivity index (χ1n) is 9.40. The Morgan fingerprint density at radius 1 is 1.11 bits per heavy atom. The number of hydrogen-bond donors (Lipinski definition) is 2. The van der Waals surface area contributed by atoms with Crippen LogP contribution in [-0.2, 0) is 0 Å². The van der Waals surface area contributed by atoms with E-state index in [0.29, 0.717) is 36.6 Å². The largest absolute Gasteiger partial charge is 0.338 e. The van der Waals surface area contributed by atoms with Crippen molar-refractivity contribution in [2.75, 3.05) is 18.1 Å². The second-order valence-corrected chi connectivity index (χ2v) is 7.93. The van der Waals surface area contributed by atoms with Crippen molar-refractivity contribution >= 4 is 29.2 Å². The Morgan fingerprint density at radius 3 is 2.50 bits per heavy atom. The molecule has 28 heavy (non-hydrogen) atoms. The number of likely N-dealkylation sites (tertiary alicyclic amines) is 1. The van der Waals surface area contributed by atoms with Gasteiger partial charge in [0.1, 0.15) is 5.66 Å². The maximum Gasteiger partial charge on any atom is 0.338 e. The lowest BCUT2D eigenvalue weighted by Crippen LogP contribution is -2.58. The van der Waals surface area contributed by atoms with Gasteiger partial charge in [-0.1, -0.05) is 41.4 Å². The van der Waals surface area contributed by atoms with Gasteiger partial charge in [-0.25, -0.2) is 15.2 Å². The standard InChI is InChI=1S/C21H23ClN4O2/c1-14-7-8-16(15(2)13-14)19(27)25-11-9-21(10-12-25)23-20(28)26(24-21)18-6-4-3-5-17(18)22/h3-8,13,24H,9-12H2,1-2H3,(H,23,28). The van der Waals surface area contributed by atoms with Gasteiger partial charge in [-0.3, -0.25) is 4.79 Å². The molecule has 2 fully saturated rings. The molecule has 0 aliphatic carbocycles. The van der Waals surface area contributed by atoms with E-state index in [2.05, 4.69) is 10.7 Å². The van der Waals surface area contributed by atoms with Crippen molar-refractivity contribution in [3.63, 3.8) is 0 Å². The molecule has 2 aliphatic heterocycles. The fraction of sp³-hybridized carbons (Fsp3) is 0.333. The van der Waals surface area contributed by atoms with Crippen LogP contribution in [0.25, 0.3) is 0 Å². The summed E-state index contributed by atoms with van der Waals surface area (Å²) in [4.78, 5) is 27.3. The number of aryl methyl sites for hydroxylation is 2. The third-order valence-electron chi connectivity index (χ3n) is 5.48. The molecule has 2 aromatic carbocycles. The molecule has 2 saturated heterocycles. The van der Waals surface area contributed by atoms with E-state index in [1.165, 1.54) is 5.01 Å². The molecule has 0 atom stereocenters. The summed E-state index contributed by atoms with van der Waals surface area (Å²) in [6.45, 7) is 5.11. The van der Waals surface area contributed by atoms with Crippen LogP contribution in [0.3, 0.4) is 0 Å². The van der Waals surface area contributed by atoms with Gasteiger partial charge in [-0.2, -0.15) is 0 Å². The number of halogens is 1. The second-order valence-electron chi connectivity index (χ2n) is 7.52. The van der Waals surface area contributed by atoms with Gasteiger partial charge in [-0.15, -0.1) is 0 Å². The summed E-state index contributed by atoms with van der Waals surface area (Å²) >= 11 is 6.24. The number of anilines is 1. The lowest BCUT2D eigenvalue weighted by molar-refractivity contribution is 0.0640. The molecule has 2 heterocycles. The van der Waals surface area contributed by atoms with Crippen molar-refractivity contribution in [3.05, 3.63) is 64.2 Å². The maximum absolute atomic E-state index is 12.9. The normalized spacial score (nSPS) is 18.5. The molecular weight excluding hydrogens is 376 g/mol. The minimum atomic E-state index is -0.560. The SMILES string of the molecule is Cc1ccc(C(=O)N2CCC3(CC2)NC(=O)N(c2ccccc2Cl)N3)c(C)c1. The lowest BCUT2D eigenvalue weighted by atomic mass is 9.96. The predicted molar refractivity (Wildman–Crippen MR) is 109 cm³/mol. The number of carbonyl (C=O) groups excluding carboxylic acids is 2. The van der Waals surface area contributed by atoms with Crippen LogP contribution in [0.15, 0.2) is 42.5 Å². The number of rotatable bonds is 2. The minimum Gasteiger partial charge on any atom is -0.338 e. The van der Waals surface area contributed by atoms with Crippen LogP contribution in [0.1, 0.15) is 34.3 Å². The number of piperidine rings is 1. The lowest BCUT2D eigenvalue weighted by Gasteiger charge is -2.39. The first-order chi connectivity index (χ1) is 13.4. The van der Waals surface area contributed by atoms with Gasteiger partial charge in [0, 0.05) is 31.5 Å². The number of nitrogens with one attached hydrogen (secondary N) is 2. The number of amides is 3. The summed E-state index contributed by atoms with van der Waals surface area (Å²) in [6.07, 6.45) is 1.24. The fourth-order valence-electron chi connectivity index (χ4n) is 3.91. The fourth-order valence-corrected chi connectivity index (χ4v) is 4.13. The summed E-state index contributed by atoms with van der Waals surface area (Å²) in [6, 6.07) is 12.9. The predicted octanol–water partition coefficient (Wildman–Crippen LogP) is 3.62. The molecule has 0 unspecified atom stereocenters. The molecule has 2 aliphatic rings. The zero-order chi connectivity index (χ0) is 19.9. The molecule has 0 saturated carbocycles. The summed E-state index contributed by atoms with van der Waals surface area (Å²) in [5, 5.41) is 5.01. The number of carbonyl (C=O) groups is 2. The van der Waals surface area contributed by atoms with Crippen LogP contribution in [0, 0.1) is 13.8 Å². The Balaban J connectivity index is 1.46. The Kier molecular flexibility index (Phi) is 4.77. The van der Waals surface area contributed by atoms with Crippen molar-refractivity contribution in [2.24, 2.45) is 0 Å². The van der Waals surface area contributed by atoms with E-state index < -0.39 is 5.66 Å². The second kappa shape index (κ2) is 7.11. The van der Waals surface area contributed by atoms with Crippen molar-refractivity contribution in [1.82, 2.24) is 15.6 Å². The summed E-state index contributed by atoms with van der Waals surface area (Å²) in [7, 11) is 0. The monoisotopic (exact) mass is 398 g/mol. The van der Waals surface area contributed by atoms with Crippen molar-refractivity contribution in [1.29, 1.82) is 0 Å². The average Bonchev–Trinajstić information content (AvgIpc) is 2.98. The van der Waals surface area contributed by atoms with Crippen LogP contribution in [0.4, 0.5) is 10.5 Å². The smallest absolute Gasteiger partial charge is 0.338 e. The number of hydrazine groups is 1. The molecule has 6 nitrogen and oxygen atoms in total. The molecule has 1 spiro atoms. The van der Waals surface area contributed by atoms with Crippen molar-refractivity contribution in [3.8, 4) is 0 Å². The highest BCUT2D eigenvalue weighted by atomic mass is 35.5. The zero-order valence-corrected chi connectivity index (χ0v) is 16.7. The first kappa shape index (κ1) is 18.8. The maximum atomic E-state index is 12.9. The third-order valence-corrected chi connectivity index (χ3v) is 5.80. The molecule has 7 heteroatoms. The van der Waals surface area contributed by atoms with Crippen LogP contribution >= 0.6 is 11.6 Å². The number of urea groups is 1. The Labute approximate surface area is 169 Å². The minimum absolute atomic E-state index is 0.0413. The highest BCUT2D eigenvalue weighted by Gasteiger charge is 2.45. The van der Waals surface area contributed by atoms with E-state index in [0.717, 1.165) is 16.7 Å². The van der Waals surface area contributed by atoms with Gasteiger partial charge in [0.25, 0.3) is 5.91 Å². The van der Waals surface area contributed by atoms with Crippen molar-refractivity contribution < 1.29 is 9.59 Å². The summed E-state index contributed by atoms with van der Waals surface area (Å²) in [5.74, 6) is 0.0413. The van der Waals surface area contributed by atoms with E-state index in [9.17, 15) is 9.59 Å². The molecule has 2 N–H and O–H groups in total. The van der Waals surface area contributed by atoms with E-state index >= 15 is 0 Å². The Hall–Kier alpha value is -2.57. The summed E-state index contributed by atoms with van der Waals surface area (Å²) in [5.41, 5.74) is 6.21. The Morgan fingerprint density at radius 2 is 1.82 bits per heavy atom. The average molecular weight is 399 g/mol. The number of para-hydroxylation sites is 1. The van der Waals surface area contributed by atoms with Gasteiger partial charge in [0.05, 0.1) is 10.7 Å². The van der Waals surface area contributed by atoms with Crippen LogP contribution in [0.2, 0.25) is 5.02 Å².